The van der Waals surface area contributed by atoms with Crippen molar-refractivity contribution in [1.29, 1.82) is 0 Å². The van der Waals surface area contributed by atoms with Crippen LogP contribution in [0.4, 0.5) is 5.69 Å². The van der Waals surface area contributed by atoms with Crippen molar-refractivity contribution in [2.45, 2.75) is 32.0 Å². The summed E-state index contributed by atoms with van der Waals surface area (Å²) in [5.74, 6) is 1.49. The molecule has 0 aliphatic heterocycles. The van der Waals surface area contributed by atoms with Gasteiger partial charge in [0.15, 0.2) is 17.1 Å². The van der Waals surface area contributed by atoms with Crippen molar-refractivity contribution in [2.24, 2.45) is 7.05 Å². The average Bonchev–Trinajstić information content (AvgIpc) is 3.47. The van der Waals surface area contributed by atoms with Crippen molar-refractivity contribution in [3.05, 3.63) is 82.6 Å². The molecule has 38 heavy (non-hydrogen) atoms. The highest BCUT2D eigenvalue weighted by atomic mass is 35.5. The number of carbonyl (C=O) groups is 1. The first-order valence-electron chi connectivity index (χ1n) is 12.0. The van der Waals surface area contributed by atoms with E-state index < -0.39 is 0 Å². The molecule has 10 heteroatoms. The number of nitrogens with one attached hydrogen (secondary N) is 1. The van der Waals surface area contributed by atoms with E-state index in [1.807, 2.05) is 67.9 Å². The van der Waals surface area contributed by atoms with Crippen molar-refractivity contribution in [2.75, 3.05) is 11.1 Å². The molecule has 1 unspecified atom stereocenters. The fourth-order valence-electron chi connectivity index (χ4n) is 3.97. The number of anilines is 1. The summed E-state index contributed by atoms with van der Waals surface area (Å²) in [6, 6.07) is 19.5. The van der Waals surface area contributed by atoms with Gasteiger partial charge in [0.25, 0.3) is 0 Å². The van der Waals surface area contributed by atoms with Crippen LogP contribution in [-0.4, -0.2) is 31.4 Å². The zero-order chi connectivity index (χ0) is 26.8. The van der Waals surface area contributed by atoms with E-state index in [-0.39, 0.29) is 17.8 Å². The molecule has 0 bridgehead atoms. The lowest BCUT2D eigenvalue weighted by atomic mass is 10.2. The lowest BCUT2D eigenvalue weighted by Crippen LogP contribution is -2.15. The molecule has 1 atom stereocenters. The maximum Gasteiger partial charge on any atom is 0.234 e. The number of nitrogens with zero attached hydrogens (tertiary/aromatic N) is 4. The first-order valence-corrected chi connectivity index (χ1v) is 14.2. The molecule has 0 aliphatic carbocycles. The highest BCUT2D eigenvalue weighted by molar-refractivity contribution is 7.99. The van der Waals surface area contributed by atoms with E-state index in [2.05, 4.69) is 34.6 Å². The van der Waals surface area contributed by atoms with E-state index in [1.54, 1.807) is 17.4 Å². The quantitative estimate of drug-likeness (QED) is 0.200. The van der Waals surface area contributed by atoms with E-state index in [9.17, 15) is 4.79 Å². The Morgan fingerprint density at radius 1 is 1.11 bits per heavy atom. The number of fused-ring (bicyclic) bond motifs is 1. The third kappa shape index (κ3) is 5.85. The minimum Gasteiger partial charge on any atom is -0.482 e. The number of benzene rings is 3. The van der Waals surface area contributed by atoms with Crippen LogP contribution in [0.2, 0.25) is 5.02 Å². The van der Waals surface area contributed by atoms with Crippen LogP contribution in [0, 0.1) is 13.8 Å². The average molecular weight is 564 g/mol. The maximum absolute atomic E-state index is 12.6. The largest absolute Gasteiger partial charge is 0.482 e. The van der Waals surface area contributed by atoms with Crippen molar-refractivity contribution in [1.82, 2.24) is 19.7 Å². The Balaban J connectivity index is 1.17. The summed E-state index contributed by atoms with van der Waals surface area (Å²) in [4.78, 5) is 17.3. The van der Waals surface area contributed by atoms with Gasteiger partial charge in [-0.1, -0.05) is 29.4 Å². The lowest BCUT2D eigenvalue weighted by molar-refractivity contribution is -0.113. The van der Waals surface area contributed by atoms with E-state index in [0.717, 1.165) is 33.1 Å². The molecule has 2 aromatic heterocycles. The van der Waals surface area contributed by atoms with Crippen LogP contribution in [0.15, 0.2) is 65.8 Å². The summed E-state index contributed by atoms with van der Waals surface area (Å²) in [5, 5.41) is 13.7. The Kier molecular flexibility index (Phi) is 7.69. The number of aromatic nitrogens is 4. The summed E-state index contributed by atoms with van der Waals surface area (Å²) in [6.45, 7) is 5.94. The molecule has 0 spiro atoms. The summed E-state index contributed by atoms with van der Waals surface area (Å²) >= 11 is 9.03. The highest BCUT2D eigenvalue weighted by Crippen LogP contribution is 2.32. The Labute approximate surface area is 234 Å². The van der Waals surface area contributed by atoms with Crippen LogP contribution in [-0.2, 0) is 11.8 Å². The second-order valence-electron chi connectivity index (χ2n) is 8.97. The number of thiazole rings is 1. The predicted molar refractivity (Wildman–Crippen MR) is 155 cm³/mol. The molecule has 0 aliphatic rings. The Hall–Kier alpha value is -3.40. The maximum atomic E-state index is 12.6. The van der Waals surface area contributed by atoms with Gasteiger partial charge in [0, 0.05) is 23.3 Å². The van der Waals surface area contributed by atoms with Crippen LogP contribution in [0.5, 0.6) is 5.75 Å². The topological polar surface area (TPSA) is 81.9 Å². The smallest absolute Gasteiger partial charge is 0.234 e. The van der Waals surface area contributed by atoms with Gasteiger partial charge in [0.2, 0.25) is 5.91 Å². The third-order valence-corrected chi connectivity index (χ3v) is 8.29. The summed E-state index contributed by atoms with van der Waals surface area (Å²) in [5.41, 5.74) is 4.92. The lowest BCUT2D eigenvalue weighted by Gasteiger charge is -2.16. The molecule has 0 saturated carbocycles. The van der Waals surface area contributed by atoms with Crippen molar-refractivity contribution >= 4 is 56.5 Å². The second-order valence-corrected chi connectivity index (χ2v) is 11.4. The molecule has 0 fully saturated rings. The number of carbonyl (C=O) groups excluding carboxylic acids is 1. The number of aryl methyl sites for hydroxylation is 2. The molecule has 0 radical (unpaired) electrons. The molecule has 1 N–H and O–H groups in total. The highest BCUT2D eigenvalue weighted by Gasteiger charge is 2.19. The van der Waals surface area contributed by atoms with E-state index >= 15 is 0 Å². The molecule has 5 rings (SSSR count). The van der Waals surface area contributed by atoms with Crippen LogP contribution in [0.3, 0.4) is 0 Å². The minimum absolute atomic E-state index is 0.121. The van der Waals surface area contributed by atoms with Gasteiger partial charge in [-0.3, -0.25) is 4.79 Å². The molecule has 3 aromatic carbocycles. The van der Waals surface area contributed by atoms with Crippen LogP contribution < -0.4 is 10.1 Å². The van der Waals surface area contributed by atoms with Gasteiger partial charge in [0.1, 0.15) is 10.8 Å². The molecular formula is C28H26ClN5O2S2. The Bertz CT molecular complexity index is 1610. The zero-order valence-corrected chi connectivity index (χ0v) is 23.7. The fraction of sp³-hybridized carbons (Fsp3) is 0.214. The van der Waals surface area contributed by atoms with Crippen LogP contribution in [0.25, 0.3) is 20.8 Å². The van der Waals surface area contributed by atoms with Gasteiger partial charge >= 0.3 is 0 Å². The fourth-order valence-corrected chi connectivity index (χ4v) is 5.99. The zero-order valence-electron chi connectivity index (χ0n) is 21.4. The molecule has 0 saturated heterocycles. The van der Waals surface area contributed by atoms with Gasteiger partial charge < -0.3 is 14.6 Å². The Morgan fingerprint density at radius 2 is 1.89 bits per heavy atom. The van der Waals surface area contributed by atoms with Gasteiger partial charge in [0.05, 0.1) is 16.0 Å². The molecular weight excluding hydrogens is 538 g/mol. The summed E-state index contributed by atoms with van der Waals surface area (Å²) in [7, 11) is 1.87. The van der Waals surface area contributed by atoms with Crippen molar-refractivity contribution in [3.63, 3.8) is 0 Å². The standard InChI is InChI=1S/C28H26ClN5O2S2/c1-16-5-11-22-24(13-16)38-27(31-22)19-6-9-21(10-7-19)30-25(35)15-37-28-33-32-26(34(28)4)18(3)36-23-12-8-20(29)14-17(23)2/h5-14,18H,15H2,1-4H3,(H,30,35). The second kappa shape index (κ2) is 11.1. The molecule has 7 nitrogen and oxygen atoms in total. The Morgan fingerprint density at radius 3 is 2.66 bits per heavy atom. The van der Waals surface area contributed by atoms with Crippen molar-refractivity contribution in [3.8, 4) is 16.3 Å². The first kappa shape index (κ1) is 26.2. The third-order valence-electron chi connectivity index (χ3n) is 5.96. The van der Waals surface area contributed by atoms with Crippen LogP contribution in [0.1, 0.15) is 30.0 Å². The van der Waals surface area contributed by atoms with E-state index in [1.165, 1.54) is 22.0 Å². The van der Waals surface area contributed by atoms with E-state index in [4.69, 9.17) is 21.3 Å². The van der Waals surface area contributed by atoms with Gasteiger partial charge in [-0.15, -0.1) is 21.5 Å². The first-order chi connectivity index (χ1) is 18.3. The monoisotopic (exact) mass is 563 g/mol. The number of ether oxygens (including phenoxy) is 1. The van der Waals surface area contributed by atoms with Crippen LogP contribution >= 0.6 is 34.7 Å². The number of amides is 1. The van der Waals surface area contributed by atoms with Gasteiger partial charge in [-0.05, 0) is 86.5 Å². The molecule has 2 heterocycles. The van der Waals surface area contributed by atoms with Gasteiger partial charge in [-0.2, -0.15) is 0 Å². The molecule has 5 aromatic rings. The van der Waals surface area contributed by atoms with Crippen molar-refractivity contribution < 1.29 is 9.53 Å². The van der Waals surface area contributed by atoms with E-state index in [0.29, 0.717) is 16.0 Å². The molecule has 1 amide bonds. The SMILES string of the molecule is Cc1ccc2nc(-c3ccc(NC(=O)CSc4nnc(C(C)Oc5ccc(Cl)cc5C)n4C)cc3)sc2c1. The number of halogens is 1. The number of hydrogen-bond donors (Lipinski definition) is 1. The predicted octanol–water partition coefficient (Wildman–Crippen LogP) is 7.23. The normalized spacial score (nSPS) is 12.0. The summed E-state index contributed by atoms with van der Waals surface area (Å²) < 4.78 is 9.09. The summed E-state index contributed by atoms with van der Waals surface area (Å²) in [6.07, 6.45) is -0.325. The molecule has 194 valence electrons. The van der Waals surface area contributed by atoms with Gasteiger partial charge in [-0.25, -0.2) is 4.98 Å². The number of thioether (sulfide) groups is 1. The number of hydrogen-bond acceptors (Lipinski definition) is 7. The number of rotatable bonds is 8. The minimum atomic E-state index is -0.325.